The smallest absolute Gasteiger partial charge is 0.462 e. The summed E-state index contributed by atoms with van der Waals surface area (Å²) in [6, 6.07) is 0. The normalized spacial score (nSPS) is 14.0. The third kappa shape index (κ3) is 51.9. The third-order valence-electron chi connectivity index (χ3n) is 10.7. The van der Waals surface area contributed by atoms with Crippen molar-refractivity contribution < 1.29 is 37.6 Å². The molecule has 0 saturated heterocycles. The second-order valence-corrected chi connectivity index (χ2v) is 18.5. The average molecular weight is 954 g/mol. The van der Waals surface area contributed by atoms with Crippen molar-refractivity contribution >= 4 is 19.8 Å². The summed E-state index contributed by atoms with van der Waals surface area (Å²) in [5.41, 5.74) is 5.33. The van der Waals surface area contributed by atoms with Gasteiger partial charge in [0, 0.05) is 19.4 Å². The van der Waals surface area contributed by atoms with Crippen molar-refractivity contribution in [3.05, 3.63) is 109 Å². The summed E-state index contributed by atoms with van der Waals surface area (Å²) in [6.07, 6.45) is 70.7. The van der Waals surface area contributed by atoms with Gasteiger partial charge in [0.15, 0.2) is 6.10 Å². The third-order valence-corrected chi connectivity index (χ3v) is 11.7. The first-order valence-electron chi connectivity index (χ1n) is 26.4. The number of phosphoric ester groups is 1. The molecule has 0 aliphatic carbocycles. The van der Waals surface area contributed by atoms with E-state index in [1.165, 1.54) is 64.2 Å². The molecule has 10 heteroatoms. The van der Waals surface area contributed by atoms with E-state index < -0.39 is 32.5 Å². The van der Waals surface area contributed by atoms with E-state index in [9.17, 15) is 19.0 Å². The van der Waals surface area contributed by atoms with Gasteiger partial charge in [-0.15, -0.1) is 0 Å². The molecular formula is C57H96NO8P. The van der Waals surface area contributed by atoms with Gasteiger partial charge in [-0.25, -0.2) is 4.57 Å². The molecule has 2 unspecified atom stereocenters. The minimum absolute atomic E-state index is 0.0502. The molecule has 0 aromatic rings. The Bertz CT molecular complexity index is 1460. The number of allylic oxidation sites excluding steroid dienone is 18. The molecule has 67 heavy (non-hydrogen) atoms. The summed E-state index contributed by atoms with van der Waals surface area (Å²) in [5.74, 6) is -0.848. The monoisotopic (exact) mass is 954 g/mol. The van der Waals surface area contributed by atoms with Gasteiger partial charge in [0.25, 0.3) is 0 Å². The van der Waals surface area contributed by atoms with E-state index in [4.69, 9.17) is 24.3 Å². The van der Waals surface area contributed by atoms with Crippen LogP contribution in [0.5, 0.6) is 0 Å². The number of rotatable bonds is 48. The van der Waals surface area contributed by atoms with E-state index in [0.29, 0.717) is 6.42 Å². The quantitative estimate of drug-likeness (QED) is 0.0264. The highest BCUT2D eigenvalue weighted by atomic mass is 31.2. The highest BCUT2D eigenvalue weighted by Gasteiger charge is 2.26. The molecule has 9 nitrogen and oxygen atoms in total. The lowest BCUT2D eigenvalue weighted by Crippen LogP contribution is -2.29. The van der Waals surface area contributed by atoms with Crippen LogP contribution in [0.4, 0.5) is 0 Å². The Kier molecular flexibility index (Phi) is 49.5. The molecule has 0 amide bonds. The van der Waals surface area contributed by atoms with Gasteiger partial charge in [-0.1, -0.05) is 220 Å². The van der Waals surface area contributed by atoms with Crippen LogP contribution in [0.25, 0.3) is 0 Å². The molecule has 0 rings (SSSR count). The predicted octanol–water partition coefficient (Wildman–Crippen LogP) is 16.3. The van der Waals surface area contributed by atoms with Crippen molar-refractivity contribution in [2.75, 3.05) is 26.4 Å². The van der Waals surface area contributed by atoms with Crippen LogP contribution in [0, 0.1) is 0 Å². The largest absolute Gasteiger partial charge is 0.472 e. The van der Waals surface area contributed by atoms with Gasteiger partial charge in [0.2, 0.25) is 0 Å². The van der Waals surface area contributed by atoms with Crippen LogP contribution in [0.3, 0.4) is 0 Å². The summed E-state index contributed by atoms with van der Waals surface area (Å²) < 4.78 is 32.6. The zero-order valence-electron chi connectivity index (χ0n) is 42.3. The van der Waals surface area contributed by atoms with Crippen LogP contribution in [0.15, 0.2) is 109 Å². The molecule has 0 bridgehead atoms. The van der Waals surface area contributed by atoms with Gasteiger partial charge < -0.3 is 20.1 Å². The lowest BCUT2D eigenvalue weighted by Gasteiger charge is -2.19. The molecule has 0 aliphatic heterocycles. The van der Waals surface area contributed by atoms with E-state index in [1.807, 2.05) is 0 Å². The second-order valence-electron chi connectivity index (χ2n) is 17.0. The summed E-state index contributed by atoms with van der Waals surface area (Å²) in [4.78, 5) is 34.6. The minimum atomic E-state index is -4.37. The summed E-state index contributed by atoms with van der Waals surface area (Å²) >= 11 is 0. The molecule has 0 aliphatic rings. The van der Waals surface area contributed by atoms with Crippen LogP contribution in [-0.4, -0.2) is 49.3 Å². The topological polar surface area (TPSA) is 134 Å². The van der Waals surface area contributed by atoms with E-state index >= 15 is 0 Å². The molecular weight excluding hydrogens is 858 g/mol. The Morgan fingerprint density at radius 2 is 0.821 bits per heavy atom. The van der Waals surface area contributed by atoms with Gasteiger partial charge in [-0.05, 0) is 83.5 Å². The number of carbonyl (C=O) groups excluding carboxylic acids is 2. The average Bonchev–Trinajstić information content (AvgIpc) is 3.32. The molecule has 3 N–H and O–H groups in total. The van der Waals surface area contributed by atoms with Gasteiger partial charge in [-0.3, -0.25) is 18.6 Å². The molecule has 0 heterocycles. The van der Waals surface area contributed by atoms with E-state index in [2.05, 4.69) is 123 Å². The summed E-state index contributed by atoms with van der Waals surface area (Å²) in [6.45, 7) is 3.50. The van der Waals surface area contributed by atoms with Crippen LogP contribution in [-0.2, 0) is 32.7 Å². The van der Waals surface area contributed by atoms with Crippen LogP contribution in [0.2, 0.25) is 0 Å². The Morgan fingerprint density at radius 1 is 0.463 bits per heavy atom. The number of unbranched alkanes of at least 4 members (excludes halogenated alkanes) is 17. The van der Waals surface area contributed by atoms with Crippen LogP contribution >= 0.6 is 7.82 Å². The fourth-order valence-electron chi connectivity index (χ4n) is 6.80. The zero-order valence-corrected chi connectivity index (χ0v) is 43.2. The lowest BCUT2D eigenvalue weighted by molar-refractivity contribution is -0.161. The molecule has 0 aromatic carbocycles. The maximum absolute atomic E-state index is 12.6. The second kappa shape index (κ2) is 52.0. The van der Waals surface area contributed by atoms with Crippen molar-refractivity contribution in [1.29, 1.82) is 0 Å². The number of ether oxygens (including phenoxy) is 2. The summed E-state index contributed by atoms with van der Waals surface area (Å²) in [5, 5.41) is 0. The minimum Gasteiger partial charge on any atom is -0.462 e. The van der Waals surface area contributed by atoms with Crippen molar-refractivity contribution in [2.24, 2.45) is 5.73 Å². The number of esters is 2. The first-order chi connectivity index (χ1) is 32.8. The number of nitrogens with two attached hydrogens (primary N) is 1. The Balaban J connectivity index is 3.79. The number of hydrogen-bond donors (Lipinski definition) is 2. The van der Waals surface area contributed by atoms with Crippen molar-refractivity contribution in [2.45, 2.75) is 213 Å². The zero-order chi connectivity index (χ0) is 48.8. The Hall–Kier alpha value is -3.33. The maximum atomic E-state index is 12.6. The Morgan fingerprint density at radius 3 is 1.22 bits per heavy atom. The predicted molar refractivity (Wildman–Crippen MR) is 284 cm³/mol. The highest BCUT2D eigenvalue weighted by Crippen LogP contribution is 2.43. The molecule has 0 spiro atoms. The number of carbonyl (C=O) groups is 2. The molecule has 0 aromatic heterocycles. The Labute approximate surface area is 409 Å². The number of hydrogen-bond acceptors (Lipinski definition) is 8. The first-order valence-corrected chi connectivity index (χ1v) is 27.9. The van der Waals surface area contributed by atoms with Crippen LogP contribution in [0.1, 0.15) is 206 Å². The standard InChI is InChI=1S/C57H96NO8P/c1-3-5-7-9-10-11-12-13-14-15-16-17-18-19-20-21-22-23-24-25-26-27-28-29-30-31-32-33-34-35-36-37-38-39-40-41-42-43-44-46-48-50-57(60)66-55(54-65-67(61,62)64-52-51-58)53-63-56(59)49-47-45-8-6-4-2/h5,7,10-11,13-14,16-17,19-20,22-23,25-26,28-29,31-32,55H,3-4,6,8-9,12,15,18,21,24,27,30,33-54,58H2,1-2H3,(H,61,62)/b7-5-,11-10-,14-13-,17-16-,20-19-,23-22-,26-25-,29-28-,32-31-. The molecule has 2 atom stereocenters. The fourth-order valence-corrected chi connectivity index (χ4v) is 7.57. The lowest BCUT2D eigenvalue weighted by atomic mass is 10.0. The summed E-state index contributed by atoms with van der Waals surface area (Å²) in [7, 11) is -4.37. The fraction of sp³-hybridized carbons (Fsp3) is 0.649. The highest BCUT2D eigenvalue weighted by molar-refractivity contribution is 7.47. The van der Waals surface area contributed by atoms with Gasteiger partial charge in [0.1, 0.15) is 6.61 Å². The van der Waals surface area contributed by atoms with E-state index in [1.54, 1.807) is 0 Å². The van der Waals surface area contributed by atoms with Crippen molar-refractivity contribution in [3.8, 4) is 0 Å². The van der Waals surface area contributed by atoms with Gasteiger partial charge in [0.05, 0.1) is 13.2 Å². The maximum Gasteiger partial charge on any atom is 0.472 e. The van der Waals surface area contributed by atoms with Crippen molar-refractivity contribution in [1.82, 2.24) is 0 Å². The number of phosphoric acid groups is 1. The molecule has 0 saturated carbocycles. The van der Waals surface area contributed by atoms with E-state index in [-0.39, 0.29) is 32.6 Å². The van der Waals surface area contributed by atoms with Gasteiger partial charge >= 0.3 is 19.8 Å². The van der Waals surface area contributed by atoms with Crippen molar-refractivity contribution in [3.63, 3.8) is 0 Å². The van der Waals surface area contributed by atoms with Gasteiger partial charge in [-0.2, -0.15) is 0 Å². The molecule has 0 fully saturated rings. The van der Waals surface area contributed by atoms with Crippen LogP contribution < -0.4 is 5.73 Å². The first kappa shape index (κ1) is 63.7. The molecule has 382 valence electrons. The SMILES string of the molecule is CC/C=C\C/C=C\C/C=C\C/C=C\C/C=C\C/C=C\C/C=C\C/C=C\C/C=C\CCCCCCCCCCCCCCCC(=O)OC(COC(=O)CCCCCCC)COP(=O)(O)OCCN. The molecule has 0 radical (unpaired) electrons. The van der Waals surface area contributed by atoms with E-state index in [0.717, 1.165) is 109 Å².